The van der Waals surface area contributed by atoms with E-state index in [2.05, 4.69) is 110 Å². The Morgan fingerprint density at radius 1 is 0.931 bits per heavy atom. The molecular weight excluding hydrogens is 534 g/mol. The van der Waals surface area contributed by atoms with Crippen molar-refractivity contribution in [3.63, 3.8) is 0 Å². The second-order valence-electron chi connectivity index (χ2n) is 9.86. The molecule has 0 spiro atoms. The summed E-state index contributed by atoms with van der Waals surface area (Å²) in [5.74, 6) is 0. The zero-order chi connectivity index (χ0) is 20.9. The van der Waals surface area contributed by atoms with Crippen LogP contribution in [-0.4, -0.2) is 10.3 Å². The van der Waals surface area contributed by atoms with Crippen LogP contribution in [0, 0.1) is 6.92 Å². The van der Waals surface area contributed by atoms with Crippen LogP contribution in [0.25, 0.3) is 10.8 Å². The molecule has 0 aliphatic heterocycles. The number of unbranched alkanes of at least 4 members (excludes halogenated alkanes) is 1. The summed E-state index contributed by atoms with van der Waals surface area (Å²) in [7, 11) is -0.185. The van der Waals surface area contributed by atoms with Gasteiger partial charge in [0.15, 0.2) is 0 Å². The first kappa shape index (κ1) is 26.5. The summed E-state index contributed by atoms with van der Waals surface area (Å²) in [5, 5.41) is 5.00. The molecule has 3 aromatic rings. The zero-order valence-electron chi connectivity index (χ0n) is 19.8. The van der Waals surface area contributed by atoms with E-state index in [0.717, 1.165) is 0 Å². The molecule has 0 atom stereocenters. The van der Waals surface area contributed by atoms with E-state index >= 15 is 0 Å². The number of hydrogen-bond donors (Lipinski definition) is 0. The van der Waals surface area contributed by atoms with E-state index in [1.165, 1.54) is 41.2 Å². The third-order valence-electron chi connectivity index (χ3n) is 5.15. The molecule has 0 heterocycles. The molecule has 0 aliphatic carbocycles. The predicted molar refractivity (Wildman–Crippen MR) is 131 cm³/mol. The molecule has 0 radical (unpaired) electrons. The molecule has 2 heteroatoms. The van der Waals surface area contributed by atoms with Crippen molar-refractivity contribution in [1.82, 2.24) is 0 Å². The monoisotopic (exact) mass is 574 g/mol. The largest absolute Gasteiger partial charge is 0.213 e. The third-order valence-corrected chi connectivity index (χ3v) is 8.61. The van der Waals surface area contributed by atoms with E-state index in [4.69, 9.17) is 0 Å². The predicted octanol–water partition coefficient (Wildman–Crippen LogP) is 8.32. The van der Waals surface area contributed by atoms with Crippen molar-refractivity contribution >= 4 is 24.0 Å². The maximum atomic E-state index is 2.40. The summed E-state index contributed by atoms with van der Waals surface area (Å²) in [4.78, 5) is 0. The summed E-state index contributed by atoms with van der Waals surface area (Å²) < 4.78 is 0. The van der Waals surface area contributed by atoms with E-state index in [1.54, 1.807) is 5.30 Å². The van der Waals surface area contributed by atoms with Crippen molar-refractivity contribution in [2.75, 3.05) is 0 Å². The maximum absolute atomic E-state index is 2.40. The van der Waals surface area contributed by atoms with Crippen molar-refractivity contribution < 1.29 is 25.8 Å². The van der Waals surface area contributed by atoms with Crippen LogP contribution < -0.4 is 5.30 Å². The van der Waals surface area contributed by atoms with Gasteiger partial charge in [0.25, 0.3) is 0 Å². The zero-order valence-corrected chi connectivity index (χ0v) is 24.3. The van der Waals surface area contributed by atoms with Gasteiger partial charge in [0.2, 0.25) is 0 Å². The van der Waals surface area contributed by atoms with Crippen LogP contribution in [0.1, 0.15) is 72.4 Å². The summed E-state index contributed by atoms with van der Waals surface area (Å²) in [6.45, 7) is 18.7. The summed E-state index contributed by atoms with van der Waals surface area (Å²) >= 11 is 0. The van der Waals surface area contributed by atoms with Crippen LogP contribution >= 0.6 is 7.92 Å². The molecule has 0 saturated heterocycles. The fourth-order valence-electron chi connectivity index (χ4n) is 4.24. The van der Waals surface area contributed by atoms with Gasteiger partial charge < -0.3 is 0 Å². The van der Waals surface area contributed by atoms with E-state index in [-0.39, 0.29) is 33.8 Å². The number of hydrogen-bond acceptors (Lipinski definition) is 0. The van der Waals surface area contributed by atoms with Gasteiger partial charge in [0, 0.05) is 25.8 Å². The molecule has 3 rings (SSSR count). The van der Waals surface area contributed by atoms with E-state index in [1.807, 2.05) is 0 Å². The van der Waals surface area contributed by atoms with Crippen LogP contribution in [0.5, 0.6) is 0 Å². The molecule has 0 saturated carbocycles. The van der Waals surface area contributed by atoms with Gasteiger partial charge in [-0.2, -0.15) is 23.3 Å². The molecule has 0 amide bonds. The average molecular weight is 573 g/mol. The Labute approximate surface area is 199 Å². The number of rotatable bonds is 4. The third kappa shape index (κ3) is 7.59. The molecule has 0 aliphatic rings. The van der Waals surface area contributed by atoms with Crippen LogP contribution in [-0.2, 0) is 32.3 Å². The topological polar surface area (TPSA) is 0 Å². The van der Waals surface area contributed by atoms with Crippen molar-refractivity contribution in [3.05, 3.63) is 65.7 Å². The fourth-order valence-corrected chi connectivity index (χ4v) is 8.34. The molecule has 0 nitrogen and oxygen atoms in total. The van der Waals surface area contributed by atoms with Crippen molar-refractivity contribution in [3.8, 4) is 0 Å². The Morgan fingerprint density at radius 3 is 2.03 bits per heavy atom. The standard InChI is InChI=1S/C17H24P.C10H15.Hf/c1-16(2,3)18(17(4,5)6)15-11-13-9-7-8-10-14(13)12-15;1-3-4-7-10-8-5-6-9(10)2;/h7-12H,1-6H3;5-6,8H,3-4,7H2,1-2H3;/q2*-1;. The maximum Gasteiger partial charge on any atom is 0 e. The minimum absolute atomic E-state index is 0. The van der Waals surface area contributed by atoms with Gasteiger partial charge in [-0.25, -0.2) is 12.1 Å². The molecule has 0 bridgehead atoms. The van der Waals surface area contributed by atoms with Gasteiger partial charge >= 0.3 is 0 Å². The van der Waals surface area contributed by atoms with Crippen molar-refractivity contribution in [1.29, 1.82) is 0 Å². The second kappa shape index (κ2) is 11.2. The molecule has 0 aromatic heterocycles. The fraction of sp³-hybridized carbons (Fsp3) is 0.481. The Morgan fingerprint density at radius 2 is 1.55 bits per heavy atom. The first-order valence-corrected chi connectivity index (χ1v) is 12.0. The Bertz CT molecular complexity index is 807. The summed E-state index contributed by atoms with van der Waals surface area (Å²) in [5.41, 5.74) is 2.98. The van der Waals surface area contributed by atoms with Gasteiger partial charge in [0.05, 0.1) is 0 Å². The number of benzene rings is 1. The van der Waals surface area contributed by atoms with Crippen molar-refractivity contribution in [2.45, 2.75) is 85.0 Å². The van der Waals surface area contributed by atoms with Gasteiger partial charge in [-0.15, -0.1) is 40.3 Å². The Balaban J connectivity index is 0.000000327. The van der Waals surface area contributed by atoms with Gasteiger partial charge in [0.1, 0.15) is 0 Å². The van der Waals surface area contributed by atoms with Gasteiger partial charge in [-0.1, -0.05) is 88.6 Å². The molecule has 0 fully saturated rings. The molecule has 3 aromatic carbocycles. The molecular formula is C27H39HfP-2. The quantitative estimate of drug-likeness (QED) is 0.167. The van der Waals surface area contributed by atoms with E-state index < -0.39 is 0 Å². The Hall–Kier alpha value is -0.520. The van der Waals surface area contributed by atoms with Crippen LogP contribution in [0.3, 0.4) is 0 Å². The summed E-state index contributed by atoms with van der Waals surface area (Å²) in [6.07, 6.45) is 3.88. The van der Waals surface area contributed by atoms with Gasteiger partial charge in [-0.05, 0) is 10.3 Å². The minimum Gasteiger partial charge on any atom is -0.213 e. The van der Waals surface area contributed by atoms with Crippen LogP contribution in [0.2, 0.25) is 0 Å². The number of aryl methyl sites for hydroxylation is 2. The molecule has 0 unspecified atom stereocenters. The van der Waals surface area contributed by atoms with E-state index in [0.29, 0.717) is 10.3 Å². The Kier molecular flexibility index (Phi) is 10.2. The summed E-state index contributed by atoms with van der Waals surface area (Å²) in [6, 6.07) is 20.0. The van der Waals surface area contributed by atoms with E-state index in [9.17, 15) is 0 Å². The molecule has 0 N–H and O–H groups in total. The smallest absolute Gasteiger partial charge is 0 e. The second-order valence-corrected chi connectivity index (χ2v) is 13.7. The molecule has 29 heavy (non-hydrogen) atoms. The van der Waals surface area contributed by atoms with Crippen LogP contribution in [0.15, 0.2) is 54.6 Å². The molecule has 158 valence electrons. The SMILES string of the molecule is CC(C)(C)P(c1cc2ccccc2[cH-]1)C(C)(C)C.CCCC[c-]1cccc1C.[Hf]. The van der Waals surface area contributed by atoms with Gasteiger partial charge in [-0.3, -0.25) is 0 Å². The number of fused-ring (bicyclic) bond motifs is 1. The van der Waals surface area contributed by atoms with Crippen molar-refractivity contribution in [2.24, 2.45) is 0 Å². The first-order chi connectivity index (χ1) is 13.0. The van der Waals surface area contributed by atoms with Crippen LogP contribution in [0.4, 0.5) is 0 Å². The first-order valence-electron chi connectivity index (χ1n) is 10.7. The average Bonchev–Trinajstić information content (AvgIpc) is 3.16. The normalized spacial score (nSPS) is 11.9. The minimum atomic E-state index is -0.185.